The first-order valence-electron chi connectivity index (χ1n) is 13.6. The van der Waals surface area contributed by atoms with Crippen LogP contribution in [0.15, 0.2) is 36.5 Å². The van der Waals surface area contributed by atoms with Gasteiger partial charge in [0.15, 0.2) is 30.5 Å². The van der Waals surface area contributed by atoms with E-state index in [1.165, 1.54) is 29.9 Å². The standard InChI is InChI=1S/C30H33F2N7O4/c1-19-16-20(6-7-21(19)30(42)38-13-11-37(12-14-38)25(40)18-39(3,4)5)35-29(41)28-34-17-23(36(28)2)22-8-9-24(43-15-10-33)27(32)26(22)31/h6-9,16-17H,11-15,18H2,1-5H3/p+1. The van der Waals surface area contributed by atoms with E-state index in [4.69, 9.17) is 10.00 Å². The number of anilines is 1. The minimum Gasteiger partial charge on any atom is -0.476 e. The van der Waals surface area contributed by atoms with E-state index in [0.29, 0.717) is 54.0 Å². The van der Waals surface area contributed by atoms with Gasteiger partial charge in [-0.1, -0.05) is 0 Å². The summed E-state index contributed by atoms with van der Waals surface area (Å²) in [5.74, 6) is -3.56. The lowest BCUT2D eigenvalue weighted by atomic mass is 10.1. The molecule has 0 atom stereocenters. The van der Waals surface area contributed by atoms with Crippen molar-refractivity contribution in [1.29, 1.82) is 5.26 Å². The predicted octanol–water partition coefficient (Wildman–Crippen LogP) is 2.82. The van der Waals surface area contributed by atoms with E-state index in [1.54, 1.807) is 41.0 Å². The fraction of sp³-hybridized carbons (Fsp3) is 0.367. The van der Waals surface area contributed by atoms with Gasteiger partial charge >= 0.3 is 0 Å². The van der Waals surface area contributed by atoms with Crippen molar-refractivity contribution in [2.75, 3.05) is 65.8 Å². The molecule has 0 aliphatic carbocycles. The second-order valence-corrected chi connectivity index (χ2v) is 11.3. The number of hydrogen-bond donors (Lipinski definition) is 1. The van der Waals surface area contributed by atoms with Gasteiger partial charge in [-0.2, -0.15) is 9.65 Å². The molecule has 1 aromatic heterocycles. The maximum absolute atomic E-state index is 14.8. The zero-order valence-corrected chi connectivity index (χ0v) is 24.8. The Morgan fingerprint density at radius 2 is 1.72 bits per heavy atom. The summed E-state index contributed by atoms with van der Waals surface area (Å²) < 4.78 is 36.0. The molecule has 43 heavy (non-hydrogen) atoms. The molecule has 1 aliphatic heterocycles. The summed E-state index contributed by atoms with van der Waals surface area (Å²) in [6.45, 7) is 3.53. The largest absolute Gasteiger partial charge is 0.476 e. The van der Waals surface area contributed by atoms with Crippen molar-refractivity contribution in [2.24, 2.45) is 7.05 Å². The highest BCUT2D eigenvalue weighted by Gasteiger charge is 2.28. The third-order valence-corrected chi connectivity index (χ3v) is 7.05. The van der Waals surface area contributed by atoms with Gasteiger partial charge in [0.05, 0.1) is 33.0 Å². The number of quaternary nitrogens is 1. The SMILES string of the molecule is Cc1cc(NC(=O)c2ncc(-c3ccc(OCC#N)c(F)c3F)n2C)ccc1C(=O)N1CCN(C(=O)C[N+](C)(C)C)CC1. The van der Waals surface area contributed by atoms with Gasteiger partial charge in [0.25, 0.3) is 17.7 Å². The number of carbonyl (C=O) groups excluding carboxylic acids is 3. The number of halogens is 2. The molecular formula is C30H34F2N7O4+. The highest BCUT2D eigenvalue weighted by Crippen LogP contribution is 2.30. The maximum atomic E-state index is 14.8. The molecular weight excluding hydrogens is 560 g/mol. The Morgan fingerprint density at radius 3 is 2.35 bits per heavy atom. The van der Waals surface area contributed by atoms with Crippen LogP contribution in [0.25, 0.3) is 11.3 Å². The summed E-state index contributed by atoms with van der Waals surface area (Å²) in [4.78, 5) is 46.4. The van der Waals surface area contributed by atoms with Gasteiger partial charge in [0, 0.05) is 50.0 Å². The quantitative estimate of drug-likeness (QED) is 0.401. The van der Waals surface area contributed by atoms with Crippen LogP contribution in [0.5, 0.6) is 5.75 Å². The van der Waals surface area contributed by atoms with Crippen LogP contribution in [0, 0.1) is 29.9 Å². The number of piperazine rings is 1. The second kappa shape index (κ2) is 12.6. The molecule has 1 saturated heterocycles. The van der Waals surface area contributed by atoms with Crippen molar-refractivity contribution in [2.45, 2.75) is 6.92 Å². The average molecular weight is 595 g/mol. The molecule has 4 rings (SSSR count). The number of nitrogens with one attached hydrogen (secondary N) is 1. The lowest BCUT2D eigenvalue weighted by molar-refractivity contribution is -0.862. The van der Waals surface area contributed by atoms with E-state index in [0.717, 1.165) is 0 Å². The predicted molar refractivity (Wildman–Crippen MR) is 154 cm³/mol. The van der Waals surface area contributed by atoms with E-state index >= 15 is 0 Å². The summed E-state index contributed by atoms with van der Waals surface area (Å²) in [5.41, 5.74) is 1.60. The Bertz CT molecular complexity index is 1600. The number of hydrogen-bond acceptors (Lipinski definition) is 6. The van der Waals surface area contributed by atoms with Crippen LogP contribution in [-0.2, 0) is 11.8 Å². The van der Waals surface area contributed by atoms with Crippen LogP contribution in [0.2, 0.25) is 0 Å². The van der Waals surface area contributed by atoms with Gasteiger partial charge in [-0.15, -0.1) is 0 Å². The Hall–Kier alpha value is -4.83. The van der Waals surface area contributed by atoms with E-state index in [2.05, 4.69) is 10.3 Å². The van der Waals surface area contributed by atoms with E-state index in [-0.39, 0.29) is 28.9 Å². The topological polar surface area (TPSA) is 121 Å². The lowest BCUT2D eigenvalue weighted by Crippen LogP contribution is -2.54. The molecule has 0 bridgehead atoms. The van der Waals surface area contributed by atoms with Crippen LogP contribution >= 0.6 is 0 Å². The number of imidazole rings is 1. The van der Waals surface area contributed by atoms with Crippen LogP contribution in [-0.4, -0.2) is 102 Å². The molecule has 0 unspecified atom stereocenters. The van der Waals surface area contributed by atoms with Gasteiger partial charge in [0.1, 0.15) is 6.07 Å². The second-order valence-electron chi connectivity index (χ2n) is 11.3. The molecule has 2 heterocycles. The molecule has 0 radical (unpaired) electrons. The summed E-state index contributed by atoms with van der Waals surface area (Å²) in [5, 5.41) is 11.3. The number of nitrogens with zero attached hydrogens (tertiary/aromatic N) is 6. The molecule has 13 heteroatoms. The van der Waals surface area contributed by atoms with Gasteiger partial charge < -0.3 is 28.9 Å². The fourth-order valence-corrected chi connectivity index (χ4v) is 4.83. The molecule has 1 aliphatic rings. The normalized spacial score (nSPS) is 13.4. The minimum atomic E-state index is -1.25. The molecule has 0 saturated carbocycles. The summed E-state index contributed by atoms with van der Waals surface area (Å²) in [6, 6.07) is 9.10. The fourth-order valence-electron chi connectivity index (χ4n) is 4.83. The zero-order valence-electron chi connectivity index (χ0n) is 24.8. The summed E-state index contributed by atoms with van der Waals surface area (Å²) in [6.07, 6.45) is 1.26. The first kappa shape index (κ1) is 31.1. The van der Waals surface area contributed by atoms with E-state index < -0.39 is 29.9 Å². The third-order valence-electron chi connectivity index (χ3n) is 7.05. The number of benzene rings is 2. The highest BCUT2D eigenvalue weighted by molar-refractivity contribution is 6.03. The minimum absolute atomic E-state index is 0.0462. The monoisotopic (exact) mass is 594 g/mol. The Balaban J connectivity index is 1.42. The molecule has 1 N–H and O–H groups in total. The number of aromatic nitrogens is 2. The van der Waals surface area contributed by atoms with Crippen molar-refractivity contribution in [3.63, 3.8) is 0 Å². The number of aryl methyl sites for hydroxylation is 1. The number of nitriles is 1. The first-order chi connectivity index (χ1) is 20.3. The smallest absolute Gasteiger partial charge is 0.291 e. The Labute approximate surface area is 248 Å². The van der Waals surface area contributed by atoms with Crippen molar-refractivity contribution < 1.29 is 32.4 Å². The molecule has 11 nitrogen and oxygen atoms in total. The van der Waals surface area contributed by atoms with Gasteiger partial charge in [-0.3, -0.25) is 14.4 Å². The number of ether oxygens (including phenoxy) is 1. The first-order valence-corrected chi connectivity index (χ1v) is 13.6. The van der Waals surface area contributed by atoms with Crippen molar-refractivity contribution in [3.05, 3.63) is 65.1 Å². The Morgan fingerprint density at radius 1 is 1.05 bits per heavy atom. The molecule has 2 aromatic carbocycles. The average Bonchev–Trinajstić information content (AvgIpc) is 3.33. The molecule has 0 spiro atoms. The van der Waals surface area contributed by atoms with Crippen molar-refractivity contribution in [1.82, 2.24) is 19.4 Å². The number of rotatable bonds is 8. The van der Waals surface area contributed by atoms with Crippen LogP contribution in [0.4, 0.5) is 14.5 Å². The Kier molecular flexibility index (Phi) is 9.10. The number of amides is 3. The number of carbonyl (C=O) groups is 3. The van der Waals surface area contributed by atoms with Crippen molar-refractivity contribution >= 4 is 23.4 Å². The van der Waals surface area contributed by atoms with Crippen LogP contribution in [0.1, 0.15) is 26.5 Å². The van der Waals surface area contributed by atoms with Gasteiger partial charge in [0.2, 0.25) is 5.82 Å². The van der Waals surface area contributed by atoms with Crippen LogP contribution in [0.3, 0.4) is 0 Å². The highest BCUT2D eigenvalue weighted by atomic mass is 19.2. The van der Waals surface area contributed by atoms with Crippen molar-refractivity contribution in [3.8, 4) is 23.1 Å². The molecule has 226 valence electrons. The van der Waals surface area contributed by atoms with Gasteiger partial charge in [-0.05, 0) is 42.8 Å². The molecule has 3 amide bonds. The molecule has 3 aromatic rings. The summed E-state index contributed by atoms with van der Waals surface area (Å²) >= 11 is 0. The molecule has 1 fully saturated rings. The van der Waals surface area contributed by atoms with E-state index in [1.807, 2.05) is 21.1 Å². The summed E-state index contributed by atoms with van der Waals surface area (Å²) in [7, 11) is 7.37. The number of likely N-dealkylation sites (N-methyl/N-ethyl adjacent to an activating group) is 1. The lowest BCUT2D eigenvalue weighted by Gasteiger charge is -2.36. The third kappa shape index (κ3) is 6.98. The van der Waals surface area contributed by atoms with Crippen LogP contribution < -0.4 is 10.1 Å². The maximum Gasteiger partial charge on any atom is 0.291 e. The van der Waals surface area contributed by atoms with Gasteiger partial charge in [-0.25, -0.2) is 9.37 Å². The van der Waals surface area contributed by atoms with E-state index in [9.17, 15) is 23.2 Å². The zero-order chi connectivity index (χ0) is 31.5.